The van der Waals surface area contributed by atoms with Crippen LogP contribution in [0.1, 0.15) is 33.4 Å². The lowest BCUT2D eigenvalue weighted by Crippen LogP contribution is -2.50. The molecule has 0 radical (unpaired) electrons. The van der Waals surface area contributed by atoms with Gasteiger partial charge in [-0.15, -0.1) is 0 Å². The van der Waals surface area contributed by atoms with Gasteiger partial charge >= 0.3 is 0 Å². The van der Waals surface area contributed by atoms with Crippen molar-refractivity contribution in [3.05, 3.63) is 69.8 Å². The van der Waals surface area contributed by atoms with Crippen molar-refractivity contribution in [1.82, 2.24) is 0 Å². The van der Waals surface area contributed by atoms with E-state index in [0.717, 1.165) is 0 Å². The smallest absolute Gasteiger partial charge is 0.0613 e. The Balaban J connectivity index is 1.21. The molecular formula is C70H6. The second-order valence-corrected chi connectivity index (χ2v) is 26.0. The first kappa shape index (κ1) is 25.0. The molecule has 5 aliphatic carbocycles. The number of rotatable bonds is 0. The van der Waals surface area contributed by atoms with Crippen molar-refractivity contribution in [2.45, 2.75) is 10.8 Å². The molecule has 0 atom stereocenters. The molecule has 0 saturated heterocycles. The molecular weight excluding hydrogens is 841 g/mol. The van der Waals surface area contributed by atoms with Gasteiger partial charge in [0.15, 0.2) is 0 Å². The van der Waals surface area contributed by atoms with Crippen LogP contribution < -0.4 is 0 Å². The maximum atomic E-state index is 2.69. The molecule has 0 heterocycles. The van der Waals surface area contributed by atoms with Crippen molar-refractivity contribution in [3.8, 4) is 0 Å². The molecule has 0 fully saturated rings. The Labute approximate surface area is 380 Å². The summed E-state index contributed by atoms with van der Waals surface area (Å²) in [6.07, 6.45) is 0. The van der Waals surface area contributed by atoms with Crippen LogP contribution in [0.2, 0.25) is 0 Å². The highest BCUT2D eigenvalue weighted by Gasteiger charge is 2.73. The molecule has 0 aromatic heterocycles. The SMILES string of the molecule is c1cc2c3c(cccc3c1)C13c4c5c6c7c8c9c(c%10c%11c1c1c4c4c%12c5c5c6c6c8c8c%13c9c9c%10c%10c%11c%11c1c1c4c4c%12c%12c5c5c6c8c6c8c%13c9c9c%10c%10c%11c1c1c4c4c%12c5c6c5c8c9c%10c1c45)C273. The van der Waals surface area contributed by atoms with E-state index in [9.17, 15) is 0 Å². The van der Waals surface area contributed by atoms with E-state index in [-0.39, 0.29) is 10.8 Å². The summed E-state index contributed by atoms with van der Waals surface area (Å²) in [6, 6.07) is 15.3. The van der Waals surface area contributed by atoms with Crippen LogP contribution in [0.4, 0.5) is 0 Å². The van der Waals surface area contributed by atoms with Crippen molar-refractivity contribution in [1.29, 1.82) is 0 Å². The summed E-state index contributed by atoms with van der Waals surface area (Å²) in [5, 5.41) is 93.1. The van der Waals surface area contributed by atoms with Gasteiger partial charge in [-0.1, -0.05) is 36.4 Å². The molecule has 0 saturated carbocycles. The van der Waals surface area contributed by atoms with Crippen molar-refractivity contribution >= 4 is 302 Å². The summed E-state index contributed by atoms with van der Waals surface area (Å²) < 4.78 is 0. The highest BCUT2D eigenvalue weighted by Crippen LogP contribution is 2.87. The van der Waals surface area contributed by atoms with Crippen LogP contribution in [0.5, 0.6) is 0 Å². The van der Waals surface area contributed by atoms with Crippen molar-refractivity contribution < 1.29 is 0 Å². The molecule has 70 heavy (non-hydrogen) atoms. The molecule has 0 unspecified atom stereocenters. The standard InChI is InChI=1S/C70H6/c1-3-7-4-2-6-9-10(7)8(5-1)69-65-57-49-39-29-21-13-11-12-15-19-17(13)25-33-27(19)37-31-23(15)24-16(12)20-18-14(11)22(21)30-36-26(18)34-28(20)38-32(24)42-41(31)51-45(37)55-47(33)53(43(49)35(25)29)61(65)63(55)67-59(51)60-52(42)46(38)56-48(34)54-44(36)50(40(30)39)58(57)66(69)62(54)64(56)68(60)70(9,67)69/h1-6H. The van der Waals surface area contributed by atoms with E-state index in [1.54, 1.807) is 330 Å². The van der Waals surface area contributed by atoms with Gasteiger partial charge in [-0.05, 0) is 335 Å². The maximum absolute atomic E-state index is 2.69. The van der Waals surface area contributed by atoms with E-state index in [1.807, 2.05) is 0 Å². The topological polar surface area (TPSA) is 0 Å². The molecule has 0 heteroatoms. The molecule has 35 rings (SSSR count). The largest absolute Gasteiger partial charge is 0.0661 e. The Morgan fingerprint density at radius 1 is 0.143 bits per heavy atom. The minimum atomic E-state index is -0.373. The zero-order chi connectivity index (χ0) is 41.0. The fourth-order valence-electron chi connectivity index (χ4n) is 26.2. The van der Waals surface area contributed by atoms with Gasteiger partial charge in [0.1, 0.15) is 0 Å². The molecule has 0 bridgehead atoms. The van der Waals surface area contributed by atoms with E-state index >= 15 is 0 Å². The predicted octanol–water partition coefficient (Wildman–Crippen LogP) is 18.9. The van der Waals surface area contributed by atoms with Gasteiger partial charge in [0.05, 0.1) is 10.8 Å². The summed E-state index contributed by atoms with van der Waals surface area (Å²) in [5.74, 6) is 0. The molecule has 5 aliphatic rings. The van der Waals surface area contributed by atoms with Crippen LogP contribution in [-0.2, 0) is 10.8 Å². The lowest BCUT2D eigenvalue weighted by molar-refractivity contribution is 0.468. The Morgan fingerprint density at radius 3 is 0.443 bits per heavy atom. The third-order valence-electron chi connectivity index (χ3n) is 26.0. The molecule has 0 aliphatic heterocycles. The van der Waals surface area contributed by atoms with Gasteiger partial charge in [-0.25, -0.2) is 0 Å². The third kappa shape index (κ3) is 1.25. The quantitative estimate of drug-likeness (QED) is 0.133. The average Bonchev–Trinajstić information content (AvgIpc) is 4.30. The molecule has 0 amide bonds. The van der Waals surface area contributed by atoms with Gasteiger partial charge in [0.2, 0.25) is 0 Å². The second-order valence-electron chi connectivity index (χ2n) is 26.0. The fourth-order valence-corrected chi connectivity index (χ4v) is 26.2. The first-order chi connectivity index (χ1) is 34.9. The summed E-state index contributed by atoms with van der Waals surface area (Å²) in [6.45, 7) is 0. The highest BCUT2D eigenvalue weighted by molar-refractivity contribution is 6.82. The van der Waals surface area contributed by atoms with Gasteiger partial charge in [-0.2, -0.15) is 0 Å². The van der Waals surface area contributed by atoms with Crippen LogP contribution >= 0.6 is 0 Å². The molecule has 0 N–H and O–H groups in total. The van der Waals surface area contributed by atoms with Crippen LogP contribution in [0, 0.1) is 0 Å². The van der Waals surface area contributed by atoms with Gasteiger partial charge < -0.3 is 0 Å². The van der Waals surface area contributed by atoms with Gasteiger partial charge in [0.25, 0.3) is 0 Å². The third-order valence-corrected chi connectivity index (χ3v) is 26.0. The predicted molar refractivity (Wildman–Crippen MR) is 296 cm³/mol. The Morgan fingerprint density at radius 2 is 0.286 bits per heavy atom. The van der Waals surface area contributed by atoms with E-state index in [1.165, 1.54) is 5.39 Å². The highest BCUT2D eigenvalue weighted by atomic mass is 14.7. The lowest BCUT2D eigenvalue weighted by atomic mass is 9.47. The zero-order valence-electron chi connectivity index (χ0n) is 35.5. The molecule has 286 valence electrons. The average molecular weight is 847 g/mol. The molecule has 30 aromatic carbocycles. The van der Waals surface area contributed by atoms with Crippen molar-refractivity contribution in [3.63, 3.8) is 0 Å². The summed E-state index contributed by atoms with van der Waals surface area (Å²) in [7, 11) is 0. The van der Waals surface area contributed by atoms with Crippen molar-refractivity contribution in [2.75, 3.05) is 0 Å². The number of benzene rings is 20. The zero-order valence-corrected chi connectivity index (χ0v) is 35.5. The first-order valence-corrected chi connectivity index (χ1v) is 26.2. The Kier molecular flexibility index (Phi) is 1.97. The van der Waals surface area contributed by atoms with E-state index in [4.69, 9.17) is 0 Å². The minimum Gasteiger partial charge on any atom is -0.0613 e. The normalized spacial score (nSPS) is 22.1. The van der Waals surface area contributed by atoms with E-state index < -0.39 is 0 Å². The van der Waals surface area contributed by atoms with E-state index in [0.29, 0.717) is 0 Å². The van der Waals surface area contributed by atoms with Crippen LogP contribution in [0.15, 0.2) is 36.4 Å². The van der Waals surface area contributed by atoms with E-state index in [2.05, 4.69) is 36.4 Å². The monoisotopic (exact) mass is 846 g/mol. The number of hydrogen-bond acceptors (Lipinski definition) is 0. The summed E-state index contributed by atoms with van der Waals surface area (Å²) in [5.41, 5.74) is 9.46. The second kappa shape index (κ2) is 5.53. The lowest BCUT2D eigenvalue weighted by Gasteiger charge is -2.51. The first-order valence-electron chi connectivity index (χ1n) is 26.2. The number of hydrogen-bond donors (Lipinski definition) is 0. The molecule has 30 aromatic rings. The summed E-state index contributed by atoms with van der Waals surface area (Å²) in [4.78, 5) is 0. The van der Waals surface area contributed by atoms with Crippen LogP contribution in [-0.4, -0.2) is 0 Å². The summed E-state index contributed by atoms with van der Waals surface area (Å²) >= 11 is 0. The molecule has 0 nitrogen and oxygen atoms in total. The van der Waals surface area contributed by atoms with Crippen LogP contribution in [0.25, 0.3) is 302 Å². The maximum Gasteiger partial charge on any atom is 0.0661 e. The minimum absolute atomic E-state index is 0.373. The fraction of sp³-hybridized carbons (Fsp3) is 0.0286. The van der Waals surface area contributed by atoms with Gasteiger partial charge in [-0.3, -0.25) is 0 Å². The van der Waals surface area contributed by atoms with Crippen molar-refractivity contribution in [2.24, 2.45) is 0 Å². The Hall–Kier alpha value is -8.84. The molecule has 2 spiro atoms. The van der Waals surface area contributed by atoms with Gasteiger partial charge in [0, 0.05) is 0 Å². The van der Waals surface area contributed by atoms with Crippen LogP contribution in [0.3, 0.4) is 0 Å². The Bertz CT molecular complexity index is 7060.